The molecule has 0 radical (unpaired) electrons. The topological polar surface area (TPSA) is 47.4 Å². The van der Waals surface area contributed by atoms with Gasteiger partial charge in [0.15, 0.2) is 0 Å². The molecule has 0 aliphatic carbocycles. The van der Waals surface area contributed by atoms with Crippen molar-refractivity contribution in [3.8, 4) is 0 Å². The number of hydrogen-bond acceptors (Lipinski definition) is 4. The molecule has 1 aromatic rings. The van der Waals surface area contributed by atoms with Crippen LogP contribution in [0.1, 0.15) is 23.8 Å². The van der Waals surface area contributed by atoms with E-state index in [4.69, 9.17) is 4.74 Å². The van der Waals surface area contributed by atoms with E-state index in [1.54, 1.807) is 16.9 Å². The summed E-state index contributed by atoms with van der Waals surface area (Å²) in [6.45, 7) is 4.47. The van der Waals surface area contributed by atoms with Gasteiger partial charge >= 0.3 is 0 Å². The molecule has 1 spiro atoms. The van der Waals surface area contributed by atoms with Crippen molar-refractivity contribution in [1.29, 1.82) is 0 Å². The first-order chi connectivity index (χ1) is 9.12. The molecule has 3 rings (SSSR count). The minimum absolute atomic E-state index is 0.0479. The average Bonchev–Trinajstić information content (AvgIpc) is 2.94. The van der Waals surface area contributed by atoms with Crippen molar-refractivity contribution in [3.63, 3.8) is 0 Å². The Morgan fingerprint density at radius 3 is 3.05 bits per heavy atom. The van der Waals surface area contributed by atoms with E-state index in [1.807, 2.05) is 30.6 Å². The van der Waals surface area contributed by atoms with Crippen LogP contribution < -0.4 is 0 Å². The number of aromatic nitrogens is 2. The number of rotatable bonds is 3. The summed E-state index contributed by atoms with van der Waals surface area (Å²) in [5.41, 5.74) is 0.543. The molecule has 0 bridgehead atoms. The van der Waals surface area contributed by atoms with E-state index in [0.29, 0.717) is 11.8 Å². The number of carbonyl (C=O) groups excluding carboxylic acids is 1. The van der Waals surface area contributed by atoms with Gasteiger partial charge in [-0.2, -0.15) is 5.10 Å². The fourth-order valence-corrected chi connectivity index (χ4v) is 4.40. The Morgan fingerprint density at radius 1 is 1.63 bits per heavy atom. The van der Waals surface area contributed by atoms with Crippen LogP contribution in [0.3, 0.4) is 0 Å². The number of ether oxygens (including phenoxy) is 1. The summed E-state index contributed by atoms with van der Waals surface area (Å²) in [5, 5.41) is 4.17. The zero-order valence-corrected chi connectivity index (χ0v) is 12.2. The third-order valence-corrected chi connectivity index (χ3v) is 5.33. The molecular weight excluding hydrogens is 262 g/mol. The molecule has 0 aromatic carbocycles. The lowest BCUT2D eigenvalue weighted by Crippen LogP contribution is -2.60. The molecule has 5 nitrogen and oxygen atoms in total. The van der Waals surface area contributed by atoms with Gasteiger partial charge in [0.2, 0.25) is 0 Å². The quantitative estimate of drug-likeness (QED) is 0.834. The van der Waals surface area contributed by atoms with Crippen LogP contribution in [0.15, 0.2) is 12.3 Å². The summed E-state index contributed by atoms with van der Waals surface area (Å²) in [4.78, 5) is 14.1. The van der Waals surface area contributed by atoms with Crippen LogP contribution in [0.25, 0.3) is 0 Å². The lowest BCUT2D eigenvalue weighted by molar-refractivity contribution is 0.0355. The molecule has 2 aliphatic rings. The van der Waals surface area contributed by atoms with Crippen LogP contribution >= 0.6 is 11.8 Å². The maximum absolute atomic E-state index is 12.2. The van der Waals surface area contributed by atoms with Gasteiger partial charge in [-0.3, -0.25) is 9.48 Å². The summed E-state index contributed by atoms with van der Waals surface area (Å²) < 4.78 is 7.58. The summed E-state index contributed by atoms with van der Waals surface area (Å²) in [6.07, 6.45) is 3.23. The van der Waals surface area contributed by atoms with Gasteiger partial charge in [0.1, 0.15) is 5.69 Å². The highest BCUT2D eigenvalue weighted by molar-refractivity contribution is 8.01. The molecule has 0 N–H and O–H groups in total. The lowest BCUT2D eigenvalue weighted by Gasteiger charge is -2.47. The Hall–Kier alpha value is -1.01. The van der Waals surface area contributed by atoms with E-state index in [-0.39, 0.29) is 10.7 Å². The van der Waals surface area contributed by atoms with E-state index < -0.39 is 0 Å². The van der Waals surface area contributed by atoms with Gasteiger partial charge in [-0.25, -0.2) is 0 Å². The molecule has 1 atom stereocenters. The zero-order chi connectivity index (χ0) is 13.5. The van der Waals surface area contributed by atoms with Crippen molar-refractivity contribution in [1.82, 2.24) is 14.7 Å². The van der Waals surface area contributed by atoms with Crippen LogP contribution in [-0.2, 0) is 11.8 Å². The van der Waals surface area contributed by atoms with Gasteiger partial charge in [0.25, 0.3) is 5.91 Å². The van der Waals surface area contributed by atoms with Crippen LogP contribution in [-0.4, -0.2) is 56.9 Å². The van der Waals surface area contributed by atoms with Crippen molar-refractivity contribution in [3.05, 3.63) is 18.0 Å². The zero-order valence-electron chi connectivity index (χ0n) is 11.3. The molecule has 0 unspecified atom stereocenters. The van der Waals surface area contributed by atoms with E-state index in [2.05, 4.69) is 5.10 Å². The number of likely N-dealkylation sites (tertiary alicyclic amines) is 1. The molecule has 19 heavy (non-hydrogen) atoms. The van der Waals surface area contributed by atoms with E-state index >= 15 is 0 Å². The molecule has 1 aromatic heterocycles. The summed E-state index contributed by atoms with van der Waals surface area (Å²) in [5.74, 6) is 1.10. The third-order valence-electron chi connectivity index (χ3n) is 3.76. The highest BCUT2D eigenvalue weighted by atomic mass is 32.2. The molecule has 6 heteroatoms. The minimum atomic E-state index is 0.0479. The minimum Gasteiger partial charge on any atom is -0.378 e. The fourth-order valence-electron chi connectivity index (χ4n) is 2.85. The van der Waals surface area contributed by atoms with Gasteiger partial charge in [-0.15, -0.1) is 11.8 Å². The molecular formula is C13H19N3O2S. The molecule has 1 amide bonds. The Labute approximate surface area is 117 Å². The fraction of sp³-hybridized carbons (Fsp3) is 0.692. The summed E-state index contributed by atoms with van der Waals surface area (Å²) >= 11 is 1.96. The van der Waals surface area contributed by atoms with Crippen LogP contribution in [0.2, 0.25) is 0 Å². The maximum atomic E-state index is 12.2. The Balaban J connectivity index is 1.57. The average molecular weight is 281 g/mol. The standard InChI is InChI=1S/C13H19N3O2S/c1-3-18-10-6-13(19-7-10)8-16(9-13)12(17)11-4-5-15(2)14-11/h4-5,10H,3,6-9H2,1-2H3/t10-/m1/s1. The van der Waals surface area contributed by atoms with Crippen molar-refractivity contribution in [2.75, 3.05) is 25.4 Å². The van der Waals surface area contributed by atoms with E-state index in [0.717, 1.165) is 31.9 Å². The first-order valence-electron chi connectivity index (χ1n) is 6.66. The molecule has 2 aliphatic heterocycles. The van der Waals surface area contributed by atoms with Crippen LogP contribution in [0, 0.1) is 0 Å². The van der Waals surface area contributed by atoms with Gasteiger partial charge in [-0.05, 0) is 19.4 Å². The maximum Gasteiger partial charge on any atom is 0.274 e. The number of aryl methyl sites for hydroxylation is 1. The highest BCUT2D eigenvalue weighted by Crippen LogP contribution is 2.46. The normalized spacial score (nSPS) is 24.7. The van der Waals surface area contributed by atoms with Crippen molar-refractivity contribution in [2.45, 2.75) is 24.2 Å². The van der Waals surface area contributed by atoms with E-state index in [9.17, 15) is 4.79 Å². The smallest absolute Gasteiger partial charge is 0.274 e. The largest absolute Gasteiger partial charge is 0.378 e. The number of amides is 1. The SMILES string of the molecule is CCO[C@H]1CSC2(C1)CN(C(=O)c1ccn(C)n1)C2. The van der Waals surface area contributed by atoms with Crippen LogP contribution in [0.4, 0.5) is 0 Å². The van der Waals surface area contributed by atoms with E-state index in [1.165, 1.54) is 0 Å². The second kappa shape index (κ2) is 4.83. The molecule has 3 heterocycles. The van der Waals surface area contributed by atoms with Gasteiger partial charge < -0.3 is 9.64 Å². The molecule has 2 saturated heterocycles. The predicted octanol–water partition coefficient (Wildman–Crippen LogP) is 1.16. The van der Waals surface area contributed by atoms with Crippen LogP contribution in [0.5, 0.6) is 0 Å². The molecule has 0 saturated carbocycles. The van der Waals surface area contributed by atoms with Crippen molar-refractivity contribution < 1.29 is 9.53 Å². The number of carbonyl (C=O) groups is 1. The second-order valence-corrected chi connectivity index (χ2v) is 6.80. The van der Waals surface area contributed by atoms with Crippen molar-refractivity contribution >= 4 is 17.7 Å². The second-order valence-electron chi connectivity index (χ2n) is 5.31. The lowest BCUT2D eigenvalue weighted by atomic mass is 9.92. The van der Waals surface area contributed by atoms with Crippen molar-refractivity contribution in [2.24, 2.45) is 7.05 Å². The Bertz CT molecular complexity index is 482. The monoisotopic (exact) mass is 281 g/mol. The molecule has 104 valence electrons. The Kier molecular flexibility index (Phi) is 3.30. The molecule has 2 fully saturated rings. The Morgan fingerprint density at radius 2 is 2.42 bits per heavy atom. The summed E-state index contributed by atoms with van der Waals surface area (Å²) in [6, 6.07) is 1.78. The van der Waals surface area contributed by atoms with Gasteiger partial charge in [0.05, 0.1) is 10.9 Å². The first-order valence-corrected chi connectivity index (χ1v) is 7.65. The number of nitrogens with zero attached hydrogens (tertiary/aromatic N) is 3. The van der Waals surface area contributed by atoms with Gasteiger partial charge in [0, 0.05) is 38.7 Å². The third kappa shape index (κ3) is 2.39. The summed E-state index contributed by atoms with van der Waals surface area (Å²) in [7, 11) is 1.83. The van der Waals surface area contributed by atoms with Gasteiger partial charge in [-0.1, -0.05) is 0 Å². The number of hydrogen-bond donors (Lipinski definition) is 0. The predicted molar refractivity (Wildman–Crippen MR) is 74.3 cm³/mol. The first kappa shape index (κ1) is 13.0. The highest BCUT2D eigenvalue weighted by Gasteiger charge is 2.51. The number of thioether (sulfide) groups is 1.